The van der Waals surface area contributed by atoms with Crippen molar-refractivity contribution in [3.63, 3.8) is 0 Å². The quantitative estimate of drug-likeness (QED) is 0.641. The molecule has 0 saturated heterocycles. The summed E-state index contributed by atoms with van der Waals surface area (Å²) in [5.74, 6) is 0.470. The molecular weight excluding hydrogens is 460 g/mol. The van der Waals surface area contributed by atoms with Gasteiger partial charge in [-0.3, -0.25) is 9.79 Å². The van der Waals surface area contributed by atoms with Gasteiger partial charge in [0.2, 0.25) is 12.8 Å². The van der Waals surface area contributed by atoms with Crippen LogP contribution in [-0.2, 0) is 22.7 Å². The summed E-state index contributed by atoms with van der Waals surface area (Å²) in [5, 5.41) is 3.37. The van der Waals surface area contributed by atoms with Gasteiger partial charge in [-0.1, -0.05) is 29.8 Å². The van der Waals surface area contributed by atoms with Gasteiger partial charge in [-0.15, -0.1) is 0 Å². The zero-order chi connectivity index (χ0) is 23.7. The first-order chi connectivity index (χ1) is 16.5. The lowest BCUT2D eigenvalue weighted by Gasteiger charge is -2.26. The molecule has 1 unspecified atom stereocenters. The maximum absolute atomic E-state index is 13.3. The van der Waals surface area contributed by atoms with Gasteiger partial charge < -0.3 is 14.8 Å². The fourth-order valence-corrected chi connectivity index (χ4v) is 4.02. The molecule has 3 aliphatic heterocycles. The van der Waals surface area contributed by atoms with E-state index in [1.165, 1.54) is 10.8 Å². The highest BCUT2D eigenvalue weighted by Crippen LogP contribution is 2.32. The SMILES string of the molecule is O=C(C[N+]1=C2C=CC=NC2C(=O)N(Cc2ccc(Cl)cc2)C1=O)NCc1ccc2c(c1)OCO2. The summed E-state index contributed by atoms with van der Waals surface area (Å²) in [6.07, 6.45) is 4.79. The van der Waals surface area contributed by atoms with Gasteiger partial charge in [-0.25, -0.2) is 4.79 Å². The fourth-order valence-electron chi connectivity index (χ4n) is 3.90. The first kappa shape index (κ1) is 21.8. The molecule has 2 aromatic rings. The lowest BCUT2D eigenvalue weighted by molar-refractivity contribution is -0.428. The van der Waals surface area contributed by atoms with Crippen LogP contribution in [0.15, 0.2) is 59.6 Å². The lowest BCUT2D eigenvalue weighted by Crippen LogP contribution is -2.57. The van der Waals surface area contributed by atoms with E-state index in [0.29, 0.717) is 22.2 Å². The van der Waals surface area contributed by atoms with Crippen LogP contribution in [0.3, 0.4) is 0 Å². The second kappa shape index (κ2) is 9.11. The van der Waals surface area contributed by atoms with E-state index in [-0.39, 0.29) is 32.3 Å². The Labute approximate surface area is 199 Å². The minimum absolute atomic E-state index is 0.0488. The predicted molar refractivity (Wildman–Crippen MR) is 123 cm³/mol. The van der Waals surface area contributed by atoms with E-state index < -0.39 is 18.0 Å². The summed E-state index contributed by atoms with van der Waals surface area (Å²) >= 11 is 5.94. The van der Waals surface area contributed by atoms with E-state index in [4.69, 9.17) is 21.1 Å². The van der Waals surface area contributed by atoms with Crippen LogP contribution in [0.2, 0.25) is 5.02 Å². The number of amides is 4. The number of carbonyl (C=O) groups excluding carboxylic acids is 3. The van der Waals surface area contributed by atoms with Crippen molar-refractivity contribution in [2.75, 3.05) is 13.3 Å². The maximum Gasteiger partial charge on any atom is 0.501 e. The highest BCUT2D eigenvalue weighted by molar-refractivity contribution is 6.30. The van der Waals surface area contributed by atoms with Crippen molar-refractivity contribution in [3.8, 4) is 11.5 Å². The minimum atomic E-state index is -0.878. The van der Waals surface area contributed by atoms with Crippen molar-refractivity contribution in [2.45, 2.75) is 19.1 Å². The van der Waals surface area contributed by atoms with Gasteiger partial charge in [0.25, 0.3) is 5.91 Å². The Morgan fingerprint density at radius 1 is 1.12 bits per heavy atom. The molecule has 1 atom stereocenters. The van der Waals surface area contributed by atoms with Crippen LogP contribution >= 0.6 is 11.6 Å². The van der Waals surface area contributed by atoms with Crippen LogP contribution in [0.5, 0.6) is 11.5 Å². The number of hydrogen-bond acceptors (Lipinski definition) is 6. The molecule has 10 heteroatoms. The Balaban J connectivity index is 1.33. The van der Waals surface area contributed by atoms with E-state index in [9.17, 15) is 14.4 Å². The summed E-state index contributed by atoms with van der Waals surface area (Å²) in [6, 6.07) is 10.8. The number of imide groups is 1. The van der Waals surface area contributed by atoms with Gasteiger partial charge >= 0.3 is 11.9 Å². The largest absolute Gasteiger partial charge is 0.501 e. The van der Waals surface area contributed by atoms with Gasteiger partial charge in [-0.2, -0.15) is 14.3 Å². The standard InChI is InChI=1S/C24H19ClN4O5/c25-17-6-3-15(4-7-17)12-29-23(31)22-18(2-1-9-26-22)28(24(29)32)13-21(30)27-11-16-5-8-19-20(10-16)34-14-33-19/h1-10,22H,11-14H2/p+1. The molecule has 0 radical (unpaired) electrons. The Morgan fingerprint density at radius 3 is 2.71 bits per heavy atom. The zero-order valence-electron chi connectivity index (χ0n) is 17.9. The van der Waals surface area contributed by atoms with Crippen LogP contribution in [0.1, 0.15) is 11.1 Å². The van der Waals surface area contributed by atoms with Gasteiger partial charge in [0.15, 0.2) is 18.0 Å². The normalized spacial score (nSPS) is 18.4. The molecule has 34 heavy (non-hydrogen) atoms. The number of rotatable bonds is 6. The van der Waals surface area contributed by atoms with Crippen LogP contribution in [0.25, 0.3) is 0 Å². The number of nitrogens with one attached hydrogen (secondary N) is 1. The second-order valence-electron chi connectivity index (χ2n) is 7.87. The lowest BCUT2D eigenvalue weighted by atomic mass is 10.0. The van der Waals surface area contributed by atoms with Gasteiger partial charge in [0.05, 0.1) is 0 Å². The molecule has 1 N–H and O–H groups in total. The van der Waals surface area contributed by atoms with E-state index in [2.05, 4.69) is 10.3 Å². The smallest absolute Gasteiger partial charge is 0.454 e. The van der Waals surface area contributed by atoms with Gasteiger partial charge in [0, 0.05) is 17.8 Å². The molecule has 0 aromatic heterocycles. The van der Waals surface area contributed by atoms with Crippen LogP contribution in [0, 0.1) is 0 Å². The molecule has 0 spiro atoms. The van der Waals surface area contributed by atoms with E-state index in [1.54, 1.807) is 48.6 Å². The molecule has 5 rings (SSSR count). The molecule has 2 aromatic carbocycles. The highest BCUT2D eigenvalue weighted by atomic mass is 35.5. The topological polar surface area (TPSA) is 100 Å². The molecular formula is C24H20ClN4O5+. The van der Waals surface area contributed by atoms with Crippen LogP contribution in [0.4, 0.5) is 4.79 Å². The first-order valence-electron chi connectivity index (χ1n) is 10.6. The molecule has 0 fully saturated rings. The Morgan fingerprint density at radius 2 is 1.88 bits per heavy atom. The van der Waals surface area contributed by atoms with E-state index in [0.717, 1.165) is 16.0 Å². The Bertz CT molecular complexity index is 1270. The van der Waals surface area contributed by atoms with Crippen molar-refractivity contribution in [2.24, 2.45) is 4.99 Å². The van der Waals surface area contributed by atoms with Crippen molar-refractivity contribution in [1.29, 1.82) is 0 Å². The number of carbonyl (C=O) groups is 3. The summed E-state index contributed by atoms with van der Waals surface area (Å²) in [6.45, 7) is 0.216. The summed E-state index contributed by atoms with van der Waals surface area (Å²) < 4.78 is 12.0. The number of allylic oxidation sites excluding steroid dienone is 1. The average Bonchev–Trinajstić information content (AvgIpc) is 3.32. The number of ether oxygens (including phenoxy) is 2. The molecule has 9 nitrogen and oxygen atoms in total. The molecule has 3 aliphatic rings. The summed E-state index contributed by atoms with van der Waals surface area (Å²) in [5.41, 5.74) is 1.94. The Kier molecular flexibility index (Phi) is 5.85. The van der Waals surface area contributed by atoms with E-state index in [1.807, 2.05) is 6.07 Å². The maximum atomic E-state index is 13.3. The number of aliphatic imine (C=N–C) groups is 1. The second-order valence-corrected chi connectivity index (χ2v) is 8.31. The predicted octanol–water partition coefficient (Wildman–Crippen LogP) is 2.31. The van der Waals surface area contributed by atoms with Gasteiger partial charge in [-0.05, 0) is 47.5 Å². The molecule has 0 saturated carbocycles. The van der Waals surface area contributed by atoms with Crippen LogP contribution < -0.4 is 14.8 Å². The summed E-state index contributed by atoms with van der Waals surface area (Å²) in [4.78, 5) is 44.4. The number of halogens is 1. The third kappa shape index (κ3) is 4.29. The fraction of sp³-hybridized carbons (Fsp3) is 0.208. The third-order valence-electron chi connectivity index (χ3n) is 5.62. The van der Waals surface area contributed by atoms with Crippen LogP contribution in [-0.4, -0.2) is 58.6 Å². The molecule has 0 aliphatic carbocycles. The van der Waals surface area contributed by atoms with Crippen molar-refractivity contribution in [1.82, 2.24) is 10.2 Å². The number of dihydropyridines is 1. The zero-order valence-corrected chi connectivity index (χ0v) is 18.7. The van der Waals surface area contributed by atoms with Crippen molar-refractivity contribution in [3.05, 3.63) is 70.8 Å². The van der Waals surface area contributed by atoms with Crippen molar-refractivity contribution < 1.29 is 28.4 Å². The number of hydrogen-bond donors (Lipinski definition) is 1. The summed E-state index contributed by atoms with van der Waals surface area (Å²) in [7, 11) is 0. The molecule has 4 amide bonds. The number of nitrogens with zero attached hydrogens (tertiary/aromatic N) is 3. The number of urea groups is 1. The molecule has 0 bridgehead atoms. The number of fused-ring (bicyclic) bond motifs is 2. The molecule has 172 valence electrons. The average molecular weight is 480 g/mol. The third-order valence-corrected chi connectivity index (χ3v) is 5.88. The van der Waals surface area contributed by atoms with E-state index >= 15 is 0 Å². The van der Waals surface area contributed by atoms with Crippen molar-refractivity contribution >= 4 is 41.4 Å². The minimum Gasteiger partial charge on any atom is -0.454 e. The highest BCUT2D eigenvalue weighted by Gasteiger charge is 2.48. The molecule has 3 heterocycles. The number of benzene rings is 2. The monoisotopic (exact) mass is 479 g/mol. The van der Waals surface area contributed by atoms with Gasteiger partial charge in [0.1, 0.15) is 12.3 Å². The first-order valence-corrected chi connectivity index (χ1v) is 11.0. The Hall–Kier alpha value is -3.98.